The molecule has 0 amide bonds. The third-order valence-corrected chi connectivity index (χ3v) is 2.78. The van der Waals surface area contributed by atoms with Crippen molar-refractivity contribution in [3.05, 3.63) is 21.6 Å². The molecule has 0 aromatic carbocycles. The van der Waals surface area contributed by atoms with Crippen LogP contribution in [0.4, 0.5) is 5.95 Å². The normalized spacial score (nSPS) is 14.7. The van der Waals surface area contributed by atoms with Crippen molar-refractivity contribution in [3.63, 3.8) is 0 Å². The van der Waals surface area contributed by atoms with Crippen molar-refractivity contribution >= 4 is 17.7 Å². The molecule has 2 heterocycles. The largest absolute Gasteiger partial charge is 0.368 e. The van der Waals surface area contributed by atoms with Gasteiger partial charge in [-0.1, -0.05) is 0 Å². The van der Waals surface area contributed by atoms with E-state index in [4.69, 9.17) is 11.6 Å². The van der Waals surface area contributed by atoms with Gasteiger partial charge in [0, 0.05) is 11.5 Å². The van der Waals surface area contributed by atoms with Crippen molar-refractivity contribution in [2.45, 2.75) is 11.5 Å². The number of hydrogen-bond donors (Lipinski definition) is 2. The van der Waals surface area contributed by atoms with E-state index in [1.165, 1.54) is 0 Å². The zero-order chi connectivity index (χ0) is 8.72. The van der Waals surface area contributed by atoms with Crippen molar-refractivity contribution in [2.75, 3.05) is 11.6 Å². The lowest BCUT2D eigenvalue weighted by Crippen LogP contribution is -2.33. The molecular weight excluding hydrogens is 176 g/mol. The third kappa shape index (κ3) is 0.878. The highest BCUT2D eigenvalue weighted by molar-refractivity contribution is 7.98. The second-order valence-electron chi connectivity index (χ2n) is 2.56. The van der Waals surface area contributed by atoms with Gasteiger partial charge >= 0.3 is 0 Å². The Bertz CT molecular complexity index is 386. The van der Waals surface area contributed by atoms with Gasteiger partial charge in [-0.25, -0.2) is 4.98 Å². The lowest BCUT2D eigenvalue weighted by Gasteiger charge is -2.03. The Kier molecular flexibility index (Phi) is 1.50. The molecule has 4 N–H and O–H groups in total. The summed E-state index contributed by atoms with van der Waals surface area (Å²) in [7, 11) is 0. The zero-order valence-electron chi connectivity index (χ0n) is 6.28. The first-order chi connectivity index (χ1) is 5.70. The van der Waals surface area contributed by atoms with Crippen molar-refractivity contribution < 1.29 is 0 Å². The standard InChI is InChI=1S/C6H8N4OS/c7-6-9-4-2-12-1-3(4)5(11)10(6)8/h1-2,8H2,(H2,7,9). The first-order valence-corrected chi connectivity index (χ1v) is 4.58. The second-order valence-corrected chi connectivity index (χ2v) is 3.55. The van der Waals surface area contributed by atoms with E-state index in [2.05, 4.69) is 4.98 Å². The number of nitrogens with two attached hydrogens (primary N) is 2. The van der Waals surface area contributed by atoms with Gasteiger partial charge in [0.15, 0.2) is 0 Å². The molecule has 0 spiro atoms. The summed E-state index contributed by atoms with van der Waals surface area (Å²) in [6, 6.07) is 0. The van der Waals surface area contributed by atoms with Crippen LogP contribution in [-0.2, 0) is 11.5 Å². The van der Waals surface area contributed by atoms with Crippen molar-refractivity contribution in [3.8, 4) is 0 Å². The van der Waals surface area contributed by atoms with Gasteiger partial charge in [0.05, 0.1) is 11.3 Å². The molecule has 2 rings (SSSR count). The van der Waals surface area contributed by atoms with Crippen LogP contribution in [0.15, 0.2) is 4.79 Å². The Hall–Kier alpha value is -1.17. The highest BCUT2D eigenvalue weighted by atomic mass is 32.2. The topological polar surface area (TPSA) is 86.9 Å². The third-order valence-electron chi connectivity index (χ3n) is 1.81. The van der Waals surface area contributed by atoms with E-state index in [-0.39, 0.29) is 11.5 Å². The number of hydrogen-bond acceptors (Lipinski definition) is 5. The Morgan fingerprint density at radius 1 is 1.50 bits per heavy atom. The van der Waals surface area contributed by atoms with Gasteiger partial charge < -0.3 is 11.6 Å². The molecule has 1 aromatic rings. The van der Waals surface area contributed by atoms with Gasteiger partial charge in [-0.05, 0) is 0 Å². The number of nitrogens with zero attached hydrogens (tertiary/aromatic N) is 2. The Labute approximate surface area is 72.7 Å². The van der Waals surface area contributed by atoms with Crippen LogP contribution in [0.3, 0.4) is 0 Å². The summed E-state index contributed by atoms with van der Waals surface area (Å²) in [5, 5.41) is 0. The van der Waals surface area contributed by atoms with E-state index >= 15 is 0 Å². The van der Waals surface area contributed by atoms with E-state index in [9.17, 15) is 4.79 Å². The molecule has 0 bridgehead atoms. The van der Waals surface area contributed by atoms with Gasteiger partial charge in [0.25, 0.3) is 5.56 Å². The molecule has 5 nitrogen and oxygen atoms in total. The Balaban J connectivity index is 2.76. The molecule has 12 heavy (non-hydrogen) atoms. The van der Waals surface area contributed by atoms with Crippen LogP contribution in [0.25, 0.3) is 0 Å². The van der Waals surface area contributed by atoms with Crippen LogP contribution in [0, 0.1) is 0 Å². The lowest BCUT2D eigenvalue weighted by molar-refractivity contribution is 0.875. The summed E-state index contributed by atoms with van der Waals surface area (Å²) >= 11 is 1.65. The molecule has 6 heteroatoms. The average molecular weight is 184 g/mol. The molecule has 0 aliphatic carbocycles. The molecule has 0 saturated heterocycles. The minimum absolute atomic E-state index is 0.0845. The number of anilines is 1. The molecule has 0 saturated carbocycles. The number of fused-ring (bicyclic) bond motifs is 1. The van der Waals surface area contributed by atoms with Crippen LogP contribution in [0.1, 0.15) is 11.3 Å². The first-order valence-electron chi connectivity index (χ1n) is 3.43. The molecule has 1 aromatic heterocycles. The van der Waals surface area contributed by atoms with Gasteiger partial charge in [0.2, 0.25) is 5.95 Å². The van der Waals surface area contributed by atoms with Crippen LogP contribution in [0.5, 0.6) is 0 Å². The van der Waals surface area contributed by atoms with E-state index in [1.54, 1.807) is 11.8 Å². The van der Waals surface area contributed by atoms with E-state index in [0.717, 1.165) is 16.1 Å². The highest BCUT2D eigenvalue weighted by Gasteiger charge is 2.18. The molecular formula is C6H8N4OS. The maximum absolute atomic E-state index is 11.4. The summed E-state index contributed by atoms with van der Waals surface area (Å²) in [4.78, 5) is 15.4. The van der Waals surface area contributed by atoms with E-state index in [0.29, 0.717) is 11.3 Å². The van der Waals surface area contributed by atoms with E-state index < -0.39 is 0 Å². The minimum Gasteiger partial charge on any atom is -0.368 e. The summed E-state index contributed by atoms with van der Waals surface area (Å²) in [5.74, 6) is 6.90. The zero-order valence-corrected chi connectivity index (χ0v) is 7.10. The smallest absolute Gasteiger partial charge is 0.277 e. The molecule has 0 atom stereocenters. The SMILES string of the molecule is Nc1nc2c(c(=O)n1N)CSC2. The Morgan fingerprint density at radius 3 is 3.00 bits per heavy atom. The summed E-state index contributed by atoms with van der Waals surface area (Å²) in [5.41, 5.74) is 6.66. The van der Waals surface area contributed by atoms with Gasteiger partial charge in [-0.2, -0.15) is 16.4 Å². The van der Waals surface area contributed by atoms with Crippen LogP contribution in [-0.4, -0.2) is 9.66 Å². The minimum atomic E-state index is -0.220. The fourth-order valence-corrected chi connectivity index (χ4v) is 2.18. The number of nitrogen functional groups attached to an aromatic ring is 2. The quantitative estimate of drug-likeness (QED) is 0.520. The second kappa shape index (κ2) is 2.41. The monoisotopic (exact) mass is 184 g/mol. The molecule has 0 unspecified atom stereocenters. The van der Waals surface area contributed by atoms with Gasteiger partial charge in [-0.3, -0.25) is 4.79 Å². The highest BCUT2D eigenvalue weighted by Crippen LogP contribution is 2.25. The van der Waals surface area contributed by atoms with Crippen molar-refractivity contribution in [2.24, 2.45) is 0 Å². The van der Waals surface area contributed by atoms with Crippen LogP contribution >= 0.6 is 11.8 Å². The van der Waals surface area contributed by atoms with Crippen molar-refractivity contribution in [1.29, 1.82) is 0 Å². The summed E-state index contributed by atoms with van der Waals surface area (Å²) < 4.78 is 0.894. The fourth-order valence-electron chi connectivity index (χ4n) is 1.15. The molecule has 0 fully saturated rings. The predicted molar refractivity (Wildman–Crippen MR) is 48.1 cm³/mol. The number of thioether (sulfide) groups is 1. The molecule has 0 radical (unpaired) electrons. The maximum Gasteiger partial charge on any atom is 0.277 e. The summed E-state index contributed by atoms with van der Waals surface area (Å²) in [6.45, 7) is 0. The lowest BCUT2D eigenvalue weighted by atomic mass is 10.3. The number of aromatic nitrogens is 2. The predicted octanol–water partition coefficient (Wildman–Crippen LogP) is -0.714. The fraction of sp³-hybridized carbons (Fsp3) is 0.333. The molecule has 1 aliphatic rings. The number of rotatable bonds is 0. The van der Waals surface area contributed by atoms with Crippen LogP contribution in [0.2, 0.25) is 0 Å². The first kappa shape index (κ1) is 7.48. The van der Waals surface area contributed by atoms with Gasteiger partial charge in [-0.15, -0.1) is 0 Å². The van der Waals surface area contributed by atoms with E-state index in [1.807, 2.05) is 0 Å². The molecule has 64 valence electrons. The van der Waals surface area contributed by atoms with Crippen LogP contribution < -0.4 is 17.1 Å². The maximum atomic E-state index is 11.4. The summed E-state index contributed by atoms with van der Waals surface area (Å²) in [6.07, 6.45) is 0. The van der Waals surface area contributed by atoms with Gasteiger partial charge in [0.1, 0.15) is 0 Å². The molecule has 1 aliphatic heterocycles. The Morgan fingerprint density at radius 2 is 2.25 bits per heavy atom. The average Bonchev–Trinajstić information content (AvgIpc) is 2.48. The van der Waals surface area contributed by atoms with Crippen molar-refractivity contribution in [1.82, 2.24) is 9.66 Å².